The zero-order valence-corrected chi connectivity index (χ0v) is 18.7. The van der Waals surface area contributed by atoms with Gasteiger partial charge in [0.05, 0.1) is 17.2 Å². The van der Waals surface area contributed by atoms with Gasteiger partial charge in [0.25, 0.3) is 0 Å². The highest BCUT2D eigenvalue weighted by Crippen LogP contribution is 2.21. The number of halogens is 1. The number of thiazole rings is 2. The van der Waals surface area contributed by atoms with Crippen molar-refractivity contribution < 1.29 is 0 Å². The van der Waals surface area contributed by atoms with Crippen LogP contribution >= 0.6 is 46.7 Å². The molecular weight excluding hydrogens is 477 g/mol. The molecule has 0 saturated heterocycles. The van der Waals surface area contributed by atoms with Gasteiger partial charge in [-0.05, 0) is 6.92 Å². The molecule has 26 heavy (non-hydrogen) atoms. The highest BCUT2D eigenvalue weighted by atomic mass is 127. The topological polar surface area (TPSA) is 62.2 Å². The lowest BCUT2D eigenvalue weighted by Gasteiger charge is -2.10. The van der Waals surface area contributed by atoms with E-state index in [1.807, 2.05) is 24.4 Å². The predicted molar refractivity (Wildman–Crippen MR) is 122 cm³/mol. The van der Waals surface area contributed by atoms with Crippen molar-refractivity contribution in [3.8, 4) is 11.3 Å². The second-order valence-electron chi connectivity index (χ2n) is 5.46. The molecule has 0 spiro atoms. The molecule has 5 nitrogen and oxygen atoms in total. The number of hydrogen-bond acceptors (Lipinski definition) is 5. The molecule has 1 aromatic carbocycles. The van der Waals surface area contributed by atoms with E-state index < -0.39 is 0 Å². The molecule has 2 heterocycles. The minimum atomic E-state index is 0. The van der Waals surface area contributed by atoms with Gasteiger partial charge in [-0.2, -0.15) is 0 Å². The summed E-state index contributed by atoms with van der Waals surface area (Å²) in [6.45, 7) is 3.54. The molecule has 2 N–H and O–H groups in total. The van der Waals surface area contributed by atoms with Gasteiger partial charge in [-0.3, -0.25) is 4.99 Å². The number of benzene rings is 1. The zero-order chi connectivity index (χ0) is 17.5. The SMILES string of the molecule is CN=C(NCCc1ncc(C)s1)NCc1nc(-c2ccccc2)cs1.I. The quantitative estimate of drug-likeness (QED) is 0.305. The van der Waals surface area contributed by atoms with E-state index in [-0.39, 0.29) is 24.0 Å². The third-order valence-electron chi connectivity index (χ3n) is 3.55. The molecule has 0 bridgehead atoms. The summed E-state index contributed by atoms with van der Waals surface area (Å²) >= 11 is 3.39. The Morgan fingerprint density at radius 1 is 1.15 bits per heavy atom. The standard InChI is InChI=1S/C18H21N5S2.HI/c1-13-10-21-16(25-13)8-9-20-18(19-2)22-11-17-23-15(12-24-17)14-6-4-3-5-7-14;/h3-7,10,12H,8-9,11H2,1-2H3,(H2,19,20,22);1H. The first-order valence-corrected chi connectivity index (χ1v) is 9.80. The molecule has 0 radical (unpaired) electrons. The van der Waals surface area contributed by atoms with Gasteiger partial charge in [-0.15, -0.1) is 46.7 Å². The van der Waals surface area contributed by atoms with Crippen LogP contribution in [0.4, 0.5) is 0 Å². The maximum absolute atomic E-state index is 4.68. The van der Waals surface area contributed by atoms with Crippen LogP contribution in [0.1, 0.15) is 14.9 Å². The fourth-order valence-corrected chi connectivity index (χ4v) is 3.85. The van der Waals surface area contributed by atoms with Crippen LogP contribution in [0.5, 0.6) is 0 Å². The summed E-state index contributed by atoms with van der Waals surface area (Å²) in [6, 6.07) is 10.2. The number of aromatic nitrogens is 2. The van der Waals surface area contributed by atoms with Crippen molar-refractivity contribution in [2.45, 2.75) is 19.9 Å². The van der Waals surface area contributed by atoms with Gasteiger partial charge in [0.15, 0.2) is 5.96 Å². The first-order valence-electron chi connectivity index (χ1n) is 8.10. The van der Waals surface area contributed by atoms with Gasteiger partial charge >= 0.3 is 0 Å². The van der Waals surface area contributed by atoms with Gasteiger partial charge in [-0.25, -0.2) is 9.97 Å². The van der Waals surface area contributed by atoms with Crippen molar-refractivity contribution in [2.24, 2.45) is 4.99 Å². The Morgan fingerprint density at radius 2 is 1.96 bits per heavy atom. The Kier molecular flexibility index (Phi) is 8.46. The van der Waals surface area contributed by atoms with Crippen LogP contribution in [0, 0.1) is 6.92 Å². The molecule has 0 aliphatic rings. The van der Waals surface area contributed by atoms with Crippen LogP contribution in [-0.2, 0) is 13.0 Å². The van der Waals surface area contributed by atoms with Crippen molar-refractivity contribution in [1.29, 1.82) is 0 Å². The Labute approximate surface area is 179 Å². The van der Waals surface area contributed by atoms with E-state index in [9.17, 15) is 0 Å². The van der Waals surface area contributed by atoms with Gasteiger partial charge in [-0.1, -0.05) is 30.3 Å². The van der Waals surface area contributed by atoms with E-state index in [2.05, 4.69) is 50.0 Å². The summed E-state index contributed by atoms with van der Waals surface area (Å²) in [7, 11) is 1.78. The largest absolute Gasteiger partial charge is 0.356 e. The molecule has 2 aromatic heterocycles. The number of nitrogens with zero attached hydrogens (tertiary/aromatic N) is 3. The monoisotopic (exact) mass is 499 g/mol. The summed E-state index contributed by atoms with van der Waals surface area (Å²) in [4.78, 5) is 14.6. The van der Waals surface area contributed by atoms with Crippen LogP contribution in [0.3, 0.4) is 0 Å². The maximum atomic E-state index is 4.68. The minimum absolute atomic E-state index is 0. The minimum Gasteiger partial charge on any atom is -0.356 e. The van der Waals surface area contributed by atoms with E-state index >= 15 is 0 Å². The maximum Gasteiger partial charge on any atom is 0.191 e. The van der Waals surface area contributed by atoms with Crippen molar-refractivity contribution in [3.63, 3.8) is 0 Å². The highest BCUT2D eigenvalue weighted by Gasteiger charge is 2.05. The van der Waals surface area contributed by atoms with Gasteiger partial charge in [0, 0.05) is 42.0 Å². The first-order chi connectivity index (χ1) is 12.2. The fraction of sp³-hybridized carbons (Fsp3) is 0.278. The molecule has 0 aliphatic carbocycles. The lowest BCUT2D eigenvalue weighted by atomic mass is 10.2. The first kappa shape index (κ1) is 20.8. The van der Waals surface area contributed by atoms with Crippen molar-refractivity contribution in [3.05, 3.63) is 56.8 Å². The molecule has 0 saturated carbocycles. The molecular formula is C18H22IN5S2. The van der Waals surface area contributed by atoms with E-state index in [4.69, 9.17) is 0 Å². The molecule has 3 rings (SSSR count). The number of guanidine groups is 1. The van der Waals surface area contributed by atoms with Gasteiger partial charge < -0.3 is 10.6 Å². The number of rotatable bonds is 6. The second-order valence-corrected chi connectivity index (χ2v) is 7.72. The van der Waals surface area contributed by atoms with Crippen molar-refractivity contribution in [1.82, 2.24) is 20.6 Å². The summed E-state index contributed by atoms with van der Waals surface area (Å²) < 4.78 is 0. The van der Waals surface area contributed by atoms with Crippen LogP contribution in [0.25, 0.3) is 11.3 Å². The summed E-state index contributed by atoms with van der Waals surface area (Å²) in [6.07, 6.45) is 2.81. The van der Waals surface area contributed by atoms with Crippen LogP contribution < -0.4 is 10.6 Å². The molecule has 8 heteroatoms. The molecule has 138 valence electrons. The molecule has 0 aliphatic heterocycles. The van der Waals surface area contributed by atoms with E-state index in [1.54, 1.807) is 29.7 Å². The average molecular weight is 499 g/mol. The molecule has 0 unspecified atom stereocenters. The smallest absolute Gasteiger partial charge is 0.191 e. The van der Waals surface area contributed by atoms with Gasteiger partial charge in [0.1, 0.15) is 5.01 Å². The Bertz CT molecular complexity index is 829. The Balaban J connectivity index is 0.00000243. The second kappa shape index (κ2) is 10.6. The highest BCUT2D eigenvalue weighted by molar-refractivity contribution is 14.0. The van der Waals surface area contributed by atoms with E-state index in [1.165, 1.54) is 4.88 Å². The lowest BCUT2D eigenvalue weighted by Crippen LogP contribution is -2.37. The van der Waals surface area contributed by atoms with Crippen LogP contribution in [0.2, 0.25) is 0 Å². The number of aliphatic imine (C=N–C) groups is 1. The molecule has 0 fully saturated rings. The Hall–Kier alpha value is -1.52. The van der Waals surface area contributed by atoms with Crippen LogP contribution in [0.15, 0.2) is 46.9 Å². The molecule has 0 atom stereocenters. The average Bonchev–Trinajstić information content (AvgIpc) is 3.28. The number of hydrogen-bond donors (Lipinski definition) is 2. The molecule has 3 aromatic rings. The van der Waals surface area contributed by atoms with Gasteiger partial charge in [0.2, 0.25) is 0 Å². The van der Waals surface area contributed by atoms with E-state index in [0.717, 1.165) is 40.2 Å². The van der Waals surface area contributed by atoms with Crippen molar-refractivity contribution >= 4 is 52.6 Å². The van der Waals surface area contributed by atoms with E-state index in [0.29, 0.717) is 6.54 Å². The third kappa shape index (κ3) is 6.03. The fourth-order valence-electron chi connectivity index (χ4n) is 2.32. The van der Waals surface area contributed by atoms with Crippen LogP contribution in [-0.4, -0.2) is 29.5 Å². The van der Waals surface area contributed by atoms with Crippen molar-refractivity contribution in [2.75, 3.05) is 13.6 Å². The summed E-state index contributed by atoms with van der Waals surface area (Å²) in [5, 5.41) is 10.9. The number of aryl methyl sites for hydroxylation is 1. The summed E-state index contributed by atoms with van der Waals surface area (Å²) in [5.41, 5.74) is 2.16. The molecule has 0 amide bonds. The predicted octanol–water partition coefficient (Wildman–Crippen LogP) is 4.10. The summed E-state index contributed by atoms with van der Waals surface area (Å²) in [5.74, 6) is 0.782. The number of nitrogens with one attached hydrogen (secondary N) is 2. The third-order valence-corrected chi connectivity index (χ3v) is 5.37. The normalized spacial score (nSPS) is 11.1. The zero-order valence-electron chi connectivity index (χ0n) is 14.7. The Morgan fingerprint density at radius 3 is 2.65 bits per heavy atom. The lowest BCUT2D eigenvalue weighted by molar-refractivity contribution is 0.789.